The second-order valence-electron chi connectivity index (χ2n) is 3.80. The largest absolute Gasteiger partial charge is 0.480 e. The lowest BCUT2D eigenvalue weighted by Gasteiger charge is -2.17. The van der Waals surface area contributed by atoms with E-state index in [9.17, 15) is 9.59 Å². The van der Waals surface area contributed by atoms with Crippen LogP contribution in [0.1, 0.15) is 25.7 Å². The molecule has 0 aliphatic rings. The van der Waals surface area contributed by atoms with Gasteiger partial charge in [-0.25, -0.2) is 4.79 Å². The van der Waals surface area contributed by atoms with Gasteiger partial charge >= 0.3 is 5.97 Å². The molecule has 0 aliphatic carbocycles. The molecule has 1 amide bonds. The zero-order valence-corrected chi connectivity index (χ0v) is 10.7. The van der Waals surface area contributed by atoms with Crippen LogP contribution in [0, 0.1) is 0 Å². The summed E-state index contributed by atoms with van der Waals surface area (Å²) in [6.45, 7) is 0.561. The third-order valence-corrected chi connectivity index (χ3v) is 2.60. The Kier molecular flexibility index (Phi) is 8.83. The van der Waals surface area contributed by atoms with Crippen LogP contribution in [-0.4, -0.2) is 41.4 Å². The highest BCUT2D eigenvalue weighted by Gasteiger charge is 2.22. The number of carboxylic acid groups (broad SMARTS) is 1. The molecule has 6 nitrogen and oxygen atoms in total. The number of carbonyl (C=O) groups excluding carboxylic acids is 1. The van der Waals surface area contributed by atoms with E-state index in [0.717, 1.165) is 12.8 Å². The van der Waals surface area contributed by atoms with E-state index in [1.807, 2.05) is 0 Å². The van der Waals surface area contributed by atoms with Gasteiger partial charge in [0.2, 0.25) is 5.91 Å². The van der Waals surface area contributed by atoms with Crippen molar-refractivity contribution in [2.24, 2.45) is 11.5 Å². The summed E-state index contributed by atoms with van der Waals surface area (Å²) >= 11 is 3.94. The zero-order valence-electron chi connectivity index (χ0n) is 9.76. The Labute approximate surface area is 107 Å². The van der Waals surface area contributed by atoms with Gasteiger partial charge in [-0.15, -0.1) is 0 Å². The zero-order chi connectivity index (χ0) is 13.3. The maximum atomic E-state index is 11.6. The number of carboxylic acids is 1. The second kappa shape index (κ2) is 9.26. The maximum absolute atomic E-state index is 11.6. The van der Waals surface area contributed by atoms with Gasteiger partial charge in [-0.3, -0.25) is 4.79 Å². The quantitative estimate of drug-likeness (QED) is 0.279. The third kappa shape index (κ3) is 7.19. The topological polar surface area (TPSA) is 118 Å². The second-order valence-corrected chi connectivity index (χ2v) is 4.25. The Morgan fingerprint density at radius 3 is 2.41 bits per heavy atom. The van der Waals surface area contributed by atoms with E-state index in [0.29, 0.717) is 18.7 Å². The molecule has 0 unspecified atom stereocenters. The Morgan fingerprint density at radius 1 is 1.29 bits per heavy atom. The van der Waals surface area contributed by atoms with Crippen molar-refractivity contribution < 1.29 is 14.7 Å². The van der Waals surface area contributed by atoms with Crippen LogP contribution in [0.25, 0.3) is 0 Å². The normalized spacial score (nSPS) is 14.1. The van der Waals surface area contributed by atoms with Crippen molar-refractivity contribution in [3.63, 3.8) is 0 Å². The van der Waals surface area contributed by atoms with Crippen LogP contribution in [-0.2, 0) is 9.59 Å². The number of hydrogen-bond donors (Lipinski definition) is 5. The summed E-state index contributed by atoms with van der Waals surface area (Å²) in [4.78, 5) is 22.4. The number of nitrogens with one attached hydrogen (secondary N) is 1. The number of carbonyl (C=O) groups is 2. The van der Waals surface area contributed by atoms with Gasteiger partial charge in [0, 0.05) is 0 Å². The van der Waals surface area contributed by atoms with Gasteiger partial charge in [-0.1, -0.05) is 6.42 Å². The van der Waals surface area contributed by atoms with Gasteiger partial charge in [0.15, 0.2) is 0 Å². The van der Waals surface area contributed by atoms with Gasteiger partial charge in [0.1, 0.15) is 6.04 Å². The fraction of sp³-hybridized carbons (Fsp3) is 0.800. The fourth-order valence-corrected chi connectivity index (χ4v) is 1.56. The first-order chi connectivity index (χ1) is 8.02. The van der Waals surface area contributed by atoms with E-state index in [1.165, 1.54) is 0 Å². The van der Waals surface area contributed by atoms with E-state index in [1.54, 1.807) is 0 Å². The summed E-state index contributed by atoms with van der Waals surface area (Å²) in [7, 11) is 0. The molecule has 0 saturated heterocycles. The summed E-state index contributed by atoms with van der Waals surface area (Å²) in [6.07, 6.45) is 2.35. The first kappa shape index (κ1) is 16.2. The Balaban J connectivity index is 4.06. The molecule has 0 aromatic rings. The average molecular weight is 263 g/mol. The van der Waals surface area contributed by atoms with Crippen LogP contribution < -0.4 is 16.8 Å². The summed E-state index contributed by atoms with van der Waals surface area (Å²) < 4.78 is 0. The van der Waals surface area contributed by atoms with Crippen LogP contribution in [0.2, 0.25) is 0 Å². The molecule has 0 aromatic heterocycles. The van der Waals surface area contributed by atoms with E-state index >= 15 is 0 Å². The van der Waals surface area contributed by atoms with Crippen molar-refractivity contribution in [2.75, 3.05) is 12.3 Å². The maximum Gasteiger partial charge on any atom is 0.326 e. The van der Waals surface area contributed by atoms with Crippen molar-refractivity contribution in [1.82, 2.24) is 5.32 Å². The number of aliphatic carboxylic acids is 1. The lowest BCUT2D eigenvalue weighted by atomic mass is 10.1. The lowest BCUT2D eigenvalue weighted by molar-refractivity contribution is -0.142. The molecule has 0 aromatic carbocycles. The number of amides is 1. The molecule has 0 saturated carbocycles. The van der Waals surface area contributed by atoms with Gasteiger partial charge in [-0.2, -0.15) is 12.6 Å². The molecule has 17 heavy (non-hydrogen) atoms. The summed E-state index contributed by atoms with van der Waals surface area (Å²) in [5, 5.41) is 11.2. The Morgan fingerprint density at radius 2 is 1.94 bits per heavy atom. The first-order valence-corrected chi connectivity index (χ1v) is 6.25. The van der Waals surface area contributed by atoms with Crippen molar-refractivity contribution in [2.45, 2.75) is 37.8 Å². The van der Waals surface area contributed by atoms with Crippen LogP contribution >= 0.6 is 12.6 Å². The fourth-order valence-electron chi connectivity index (χ4n) is 1.30. The average Bonchev–Trinajstić information content (AvgIpc) is 2.28. The number of nitrogens with two attached hydrogens (primary N) is 2. The van der Waals surface area contributed by atoms with E-state index < -0.39 is 24.0 Å². The van der Waals surface area contributed by atoms with Crippen molar-refractivity contribution >= 4 is 24.5 Å². The summed E-state index contributed by atoms with van der Waals surface area (Å²) in [5.74, 6) is -1.11. The number of thiol groups is 1. The van der Waals surface area contributed by atoms with E-state index in [2.05, 4.69) is 17.9 Å². The lowest BCUT2D eigenvalue weighted by Crippen LogP contribution is -2.48. The SMILES string of the molecule is NCCCC[C@H](N)C(=O)N[C@@H](CCS)C(=O)O. The molecule has 0 rings (SSSR count). The predicted molar refractivity (Wildman–Crippen MR) is 68.9 cm³/mol. The molecule has 6 N–H and O–H groups in total. The van der Waals surface area contributed by atoms with Crippen molar-refractivity contribution in [3.8, 4) is 0 Å². The highest BCUT2D eigenvalue weighted by atomic mass is 32.1. The number of unbranched alkanes of at least 4 members (excludes halogenated alkanes) is 1. The van der Waals surface area contributed by atoms with Crippen LogP contribution in [0.3, 0.4) is 0 Å². The Bertz CT molecular complexity index is 251. The van der Waals surface area contributed by atoms with E-state index in [-0.39, 0.29) is 6.42 Å². The minimum absolute atomic E-state index is 0.277. The van der Waals surface area contributed by atoms with Gasteiger partial charge in [-0.05, 0) is 31.6 Å². The molecule has 100 valence electrons. The van der Waals surface area contributed by atoms with Gasteiger partial charge < -0.3 is 21.9 Å². The molecule has 0 bridgehead atoms. The summed E-state index contributed by atoms with van der Waals surface area (Å²) in [5.41, 5.74) is 11.0. The van der Waals surface area contributed by atoms with Gasteiger partial charge in [0.25, 0.3) is 0 Å². The van der Waals surface area contributed by atoms with Crippen LogP contribution in [0.15, 0.2) is 0 Å². The van der Waals surface area contributed by atoms with E-state index in [4.69, 9.17) is 16.6 Å². The molecule has 0 fully saturated rings. The molecule has 0 aliphatic heterocycles. The van der Waals surface area contributed by atoms with Crippen molar-refractivity contribution in [1.29, 1.82) is 0 Å². The minimum Gasteiger partial charge on any atom is -0.480 e. The Hall–Kier alpha value is -0.790. The molecular formula is C10H21N3O3S. The minimum atomic E-state index is -1.07. The van der Waals surface area contributed by atoms with Crippen molar-refractivity contribution in [3.05, 3.63) is 0 Å². The first-order valence-electron chi connectivity index (χ1n) is 5.62. The molecule has 0 spiro atoms. The summed E-state index contributed by atoms with van der Waals surface area (Å²) in [6, 6.07) is -1.59. The monoisotopic (exact) mass is 263 g/mol. The highest BCUT2D eigenvalue weighted by molar-refractivity contribution is 7.80. The molecule has 0 heterocycles. The number of hydrogen-bond acceptors (Lipinski definition) is 5. The van der Waals surface area contributed by atoms with Crippen LogP contribution in [0.4, 0.5) is 0 Å². The smallest absolute Gasteiger partial charge is 0.326 e. The number of rotatable bonds is 9. The molecule has 0 radical (unpaired) electrons. The third-order valence-electron chi connectivity index (χ3n) is 2.34. The molecule has 7 heteroatoms. The molecular weight excluding hydrogens is 242 g/mol. The van der Waals surface area contributed by atoms with Crippen LogP contribution in [0.5, 0.6) is 0 Å². The highest BCUT2D eigenvalue weighted by Crippen LogP contribution is 2.00. The molecule has 2 atom stereocenters. The predicted octanol–water partition coefficient (Wildman–Crippen LogP) is -0.668. The standard InChI is InChI=1S/C10H21N3O3S/c11-5-2-1-3-7(12)9(14)13-8(4-6-17)10(15)16/h7-8,17H,1-6,11-12H2,(H,13,14)(H,15,16)/t7-,8-/m0/s1. The van der Waals surface area contributed by atoms with Gasteiger partial charge in [0.05, 0.1) is 6.04 Å².